The summed E-state index contributed by atoms with van der Waals surface area (Å²) >= 11 is 12.0. The van der Waals surface area contributed by atoms with Gasteiger partial charge in [0.25, 0.3) is 5.91 Å². The highest BCUT2D eigenvalue weighted by Gasteiger charge is 2.44. The number of hydrogen-bond donors (Lipinski definition) is 2. The minimum Gasteiger partial charge on any atom is -0.465 e. The number of rotatable bonds is 18. The molecule has 0 aromatic heterocycles. The zero-order valence-corrected chi connectivity index (χ0v) is 32.5. The van der Waals surface area contributed by atoms with Gasteiger partial charge < -0.3 is 19.5 Å². The van der Waals surface area contributed by atoms with Gasteiger partial charge in [-0.05, 0) is 58.4 Å². The third kappa shape index (κ3) is 10.8. The molecule has 0 saturated heterocycles. The number of amides is 3. The first-order valence-corrected chi connectivity index (χ1v) is 18.9. The van der Waals surface area contributed by atoms with Crippen LogP contribution in [-0.2, 0) is 35.6 Å². The van der Waals surface area contributed by atoms with Gasteiger partial charge in [0, 0.05) is 37.4 Å². The first-order chi connectivity index (χ1) is 25.8. The fourth-order valence-electron chi connectivity index (χ4n) is 5.43. The van der Waals surface area contributed by atoms with Crippen molar-refractivity contribution < 1.29 is 59.3 Å². The van der Waals surface area contributed by atoms with Gasteiger partial charge in [0.15, 0.2) is 29.6 Å². The highest BCUT2D eigenvalue weighted by atomic mass is 35.5. The number of nitrogens with zero attached hydrogens (tertiary/aromatic N) is 3. The molecule has 0 fully saturated rings. The van der Waals surface area contributed by atoms with E-state index in [0.717, 1.165) is 24.0 Å². The molecule has 55 heavy (non-hydrogen) atoms. The average Bonchev–Trinajstić information content (AvgIpc) is 3.13. The van der Waals surface area contributed by atoms with E-state index in [1.165, 1.54) is 44.2 Å². The van der Waals surface area contributed by atoms with Gasteiger partial charge in [-0.2, -0.15) is 0 Å². The van der Waals surface area contributed by atoms with Gasteiger partial charge in [-0.15, -0.1) is 0 Å². The van der Waals surface area contributed by atoms with Crippen LogP contribution < -0.4 is 9.62 Å². The van der Waals surface area contributed by atoms with Gasteiger partial charge in [0.05, 0.1) is 11.6 Å². The second-order valence-corrected chi connectivity index (χ2v) is 14.6. The smallest absolute Gasteiger partial charge is 0.408 e. The second kappa shape index (κ2) is 19.7. The standard InChI is InChI=1S/C35H39Cl2F5N4O8S/c1-6-53-26(54-7-2)18-44(19(3)4)33(47)20(5)46(32-30(41)28(39)27(38)29(40)31(32)42)34(48)24(45(35(49)50)17-21-11-9-8-10-12-21)16-43-55(51,52)25-14-13-22(36)15-23(25)37/h8-15,19-20,24,26,43H,6-7,16-18H2,1-5H3,(H,49,50). The molecule has 0 aliphatic carbocycles. The van der Waals surface area contributed by atoms with Crippen molar-refractivity contribution >= 4 is 56.8 Å². The van der Waals surface area contributed by atoms with Crippen molar-refractivity contribution in [2.75, 3.05) is 31.2 Å². The van der Waals surface area contributed by atoms with E-state index >= 15 is 8.78 Å². The first kappa shape index (κ1) is 45.3. The van der Waals surface area contributed by atoms with Crippen LogP contribution in [0.3, 0.4) is 0 Å². The number of anilines is 1. The molecule has 3 aromatic rings. The molecule has 0 heterocycles. The van der Waals surface area contributed by atoms with E-state index in [-0.39, 0.29) is 40.3 Å². The monoisotopic (exact) mass is 840 g/mol. The zero-order chi connectivity index (χ0) is 41.4. The van der Waals surface area contributed by atoms with Crippen LogP contribution in [0.15, 0.2) is 53.4 Å². The Morgan fingerprint density at radius 3 is 1.85 bits per heavy atom. The van der Waals surface area contributed by atoms with E-state index in [1.54, 1.807) is 19.9 Å². The lowest BCUT2D eigenvalue weighted by Crippen LogP contribution is -2.60. The third-order valence-electron chi connectivity index (χ3n) is 8.12. The molecule has 0 saturated carbocycles. The van der Waals surface area contributed by atoms with Crippen molar-refractivity contribution in [3.63, 3.8) is 0 Å². The Bertz CT molecular complexity index is 1930. The van der Waals surface area contributed by atoms with Crippen LogP contribution >= 0.6 is 23.2 Å². The number of carbonyl (C=O) groups excluding carboxylic acids is 2. The molecule has 0 spiro atoms. The molecular weight excluding hydrogens is 802 g/mol. The maximum Gasteiger partial charge on any atom is 0.408 e. The Kier molecular flexibility index (Phi) is 16.2. The molecule has 3 aromatic carbocycles. The molecule has 2 unspecified atom stereocenters. The number of nitrogens with one attached hydrogen (secondary N) is 1. The summed E-state index contributed by atoms with van der Waals surface area (Å²) in [6, 6.07) is 5.53. The highest BCUT2D eigenvalue weighted by molar-refractivity contribution is 7.89. The van der Waals surface area contributed by atoms with Crippen LogP contribution in [-0.4, -0.2) is 92.0 Å². The molecule has 3 amide bonds. The fraction of sp³-hybridized carbons (Fsp3) is 0.400. The lowest BCUT2D eigenvalue weighted by molar-refractivity contribution is -0.162. The summed E-state index contributed by atoms with van der Waals surface area (Å²) in [5.41, 5.74) is -1.65. The van der Waals surface area contributed by atoms with Crippen LogP contribution in [0.25, 0.3) is 0 Å². The molecule has 0 radical (unpaired) electrons. The Morgan fingerprint density at radius 1 is 0.818 bits per heavy atom. The summed E-state index contributed by atoms with van der Waals surface area (Å²) < 4.78 is 115. The van der Waals surface area contributed by atoms with E-state index < -0.39 is 105 Å². The van der Waals surface area contributed by atoms with Crippen LogP contribution in [0.5, 0.6) is 0 Å². The number of carbonyl (C=O) groups is 3. The van der Waals surface area contributed by atoms with Gasteiger partial charge in [0.1, 0.15) is 22.7 Å². The molecular formula is C35H39Cl2F5N4O8S. The second-order valence-electron chi connectivity index (χ2n) is 12.1. The topological polar surface area (TPSA) is 146 Å². The highest BCUT2D eigenvalue weighted by Crippen LogP contribution is 2.34. The molecule has 0 bridgehead atoms. The van der Waals surface area contributed by atoms with Gasteiger partial charge in [-0.25, -0.2) is 39.9 Å². The molecule has 302 valence electrons. The Balaban J connectivity index is 2.30. The summed E-state index contributed by atoms with van der Waals surface area (Å²) in [7, 11) is -4.73. The predicted molar refractivity (Wildman–Crippen MR) is 193 cm³/mol. The number of hydrogen-bond acceptors (Lipinski definition) is 7. The summed E-state index contributed by atoms with van der Waals surface area (Å²) in [5.74, 6) is -15.5. The van der Waals surface area contributed by atoms with Crippen molar-refractivity contribution in [1.82, 2.24) is 14.5 Å². The lowest BCUT2D eigenvalue weighted by Gasteiger charge is -2.39. The van der Waals surface area contributed by atoms with Crippen molar-refractivity contribution in [2.45, 2.75) is 70.5 Å². The van der Waals surface area contributed by atoms with Crippen LogP contribution in [0, 0.1) is 29.1 Å². The Morgan fingerprint density at radius 2 is 1.36 bits per heavy atom. The molecule has 3 rings (SSSR count). The Labute approximate surface area is 324 Å². The number of sulfonamides is 1. The first-order valence-electron chi connectivity index (χ1n) is 16.6. The minimum atomic E-state index is -4.73. The third-order valence-corrected chi connectivity index (χ3v) is 10.3. The van der Waals surface area contributed by atoms with E-state index in [1.807, 2.05) is 4.72 Å². The summed E-state index contributed by atoms with van der Waals surface area (Å²) in [5, 5.41) is 10.1. The van der Waals surface area contributed by atoms with Crippen LogP contribution in [0.1, 0.15) is 40.2 Å². The molecule has 12 nitrogen and oxygen atoms in total. The van der Waals surface area contributed by atoms with Gasteiger partial charge in [0.2, 0.25) is 21.7 Å². The molecule has 20 heteroatoms. The quantitative estimate of drug-likeness (QED) is 0.0633. The summed E-state index contributed by atoms with van der Waals surface area (Å²) in [4.78, 5) is 42.7. The fourth-order valence-corrected chi connectivity index (χ4v) is 7.24. The number of benzene rings is 3. The van der Waals surface area contributed by atoms with Crippen molar-refractivity contribution in [3.05, 3.63) is 93.2 Å². The van der Waals surface area contributed by atoms with E-state index in [4.69, 9.17) is 32.7 Å². The largest absolute Gasteiger partial charge is 0.465 e. The lowest BCUT2D eigenvalue weighted by atomic mass is 10.1. The van der Waals surface area contributed by atoms with Crippen molar-refractivity contribution in [1.29, 1.82) is 0 Å². The van der Waals surface area contributed by atoms with Gasteiger partial charge in [-0.1, -0.05) is 53.5 Å². The molecule has 2 atom stereocenters. The summed E-state index contributed by atoms with van der Waals surface area (Å²) in [6.45, 7) is 5.30. The zero-order valence-electron chi connectivity index (χ0n) is 30.2. The van der Waals surface area contributed by atoms with Gasteiger partial charge >= 0.3 is 6.09 Å². The normalized spacial score (nSPS) is 12.8. The molecule has 0 aliphatic heterocycles. The van der Waals surface area contributed by atoms with E-state index in [9.17, 15) is 41.1 Å². The van der Waals surface area contributed by atoms with E-state index in [0.29, 0.717) is 4.90 Å². The molecule has 2 N–H and O–H groups in total. The van der Waals surface area contributed by atoms with E-state index in [2.05, 4.69) is 0 Å². The predicted octanol–water partition coefficient (Wildman–Crippen LogP) is 6.57. The van der Waals surface area contributed by atoms with Gasteiger partial charge in [-0.3, -0.25) is 19.4 Å². The maximum atomic E-state index is 15.7. The number of ether oxygens (including phenoxy) is 2. The SMILES string of the molecule is CCOC(CN(C(=O)C(C)N(C(=O)C(CNS(=O)(=O)c1ccc(Cl)cc1Cl)N(Cc1ccccc1)C(=O)O)c1c(F)c(F)c(F)c(F)c1F)C(C)C)OCC. The minimum absolute atomic E-state index is 0.0540. The van der Waals surface area contributed by atoms with Crippen LogP contribution in [0.4, 0.5) is 32.4 Å². The average molecular weight is 842 g/mol. The number of carboxylic acid groups (broad SMARTS) is 1. The van der Waals surface area contributed by atoms with Crippen LogP contribution in [0.2, 0.25) is 10.0 Å². The maximum absolute atomic E-state index is 15.7. The number of halogens is 7. The van der Waals surface area contributed by atoms with Crippen molar-refractivity contribution in [2.24, 2.45) is 0 Å². The molecule has 0 aliphatic rings. The summed E-state index contributed by atoms with van der Waals surface area (Å²) in [6.07, 6.45) is -2.93. The Hall–Kier alpha value is -4.07. The van der Waals surface area contributed by atoms with Crippen molar-refractivity contribution in [3.8, 4) is 0 Å².